The molecule has 4 aromatic carbocycles. The summed E-state index contributed by atoms with van der Waals surface area (Å²) in [5, 5.41) is 2.70. The Morgan fingerprint density at radius 1 is 0.606 bits per heavy atom. The average Bonchev–Trinajstić information content (AvgIpc) is 2.83. The first-order valence-electron chi connectivity index (χ1n) is 12.4. The molecule has 0 N–H and O–H groups in total. The quantitative estimate of drug-likeness (QED) is 0.283. The van der Waals surface area contributed by atoms with E-state index in [1.807, 2.05) is 0 Å². The molecule has 0 amide bonds. The van der Waals surface area contributed by atoms with Crippen LogP contribution in [0.3, 0.4) is 0 Å². The van der Waals surface area contributed by atoms with Crippen LogP contribution in [0.4, 0.5) is 0 Å². The molecule has 0 saturated heterocycles. The van der Waals surface area contributed by atoms with Crippen molar-refractivity contribution in [2.24, 2.45) is 5.92 Å². The van der Waals surface area contributed by atoms with Gasteiger partial charge in [0.25, 0.3) is 0 Å². The van der Waals surface area contributed by atoms with E-state index >= 15 is 0 Å². The second-order valence-corrected chi connectivity index (χ2v) is 11.0. The largest absolute Gasteiger partial charge is 0.0646 e. The van der Waals surface area contributed by atoms with Crippen molar-refractivity contribution >= 4 is 10.8 Å². The van der Waals surface area contributed by atoms with Gasteiger partial charge in [0.15, 0.2) is 0 Å². The van der Waals surface area contributed by atoms with Crippen LogP contribution in [-0.4, -0.2) is 0 Å². The second-order valence-electron chi connectivity index (χ2n) is 11.0. The lowest BCUT2D eigenvalue weighted by Gasteiger charge is -2.32. The van der Waals surface area contributed by atoms with Crippen molar-refractivity contribution in [2.75, 3.05) is 0 Å². The minimum absolute atomic E-state index is 0.0764. The highest BCUT2D eigenvalue weighted by molar-refractivity contribution is 6.05. The van der Waals surface area contributed by atoms with Gasteiger partial charge < -0.3 is 0 Å². The summed E-state index contributed by atoms with van der Waals surface area (Å²) in [4.78, 5) is 0. The van der Waals surface area contributed by atoms with Crippen molar-refractivity contribution in [1.29, 1.82) is 0 Å². The maximum absolute atomic E-state index is 2.47. The molecule has 0 radical (unpaired) electrons. The molecule has 0 heterocycles. The molecule has 0 fully saturated rings. The molecular weight excluding hydrogens is 396 g/mol. The Labute approximate surface area is 200 Å². The highest BCUT2D eigenvalue weighted by Gasteiger charge is 2.27. The fourth-order valence-electron chi connectivity index (χ4n) is 4.48. The third kappa shape index (κ3) is 4.36. The van der Waals surface area contributed by atoms with Crippen LogP contribution in [0.15, 0.2) is 84.9 Å². The van der Waals surface area contributed by atoms with E-state index in [-0.39, 0.29) is 10.8 Å². The van der Waals surface area contributed by atoms with Gasteiger partial charge in [-0.15, -0.1) is 0 Å². The van der Waals surface area contributed by atoms with E-state index in [0.717, 1.165) is 6.42 Å². The van der Waals surface area contributed by atoms with Crippen molar-refractivity contribution in [3.05, 3.63) is 96.1 Å². The van der Waals surface area contributed by atoms with E-state index in [9.17, 15) is 0 Å². The summed E-state index contributed by atoms with van der Waals surface area (Å²) in [5.41, 5.74) is 8.25. The highest BCUT2D eigenvalue weighted by Crippen LogP contribution is 2.43. The zero-order valence-corrected chi connectivity index (χ0v) is 21.4. The molecule has 0 aliphatic rings. The molecule has 0 aromatic heterocycles. The van der Waals surface area contributed by atoms with Crippen LogP contribution in [0.25, 0.3) is 33.0 Å². The van der Waals surface area contributed by atoms with Crippen LogP contribution in [0.1, 0.15) is 66.0 Å². The molecule has 0 nitrogen and oxygen atoms in total. The van der Waals surface area contributed by atoms with Gasteiger partial charge in [0.05, 0.1) is 0 Å². The third-order valence-corrected chi connectivity index (χ3v) is 8.09. The first-order valence-corrected chi connectivity index (χ1v) is 12.4. The Morgan fingerprint density at radius 2 is 1.03 bits per heavy atom. The molecule has 4 rings (SSSR count). The van der Waals surface area contributed by atoms with Gasteiger partial charge >= 0.3 is 0 Å². The van der Waals surface area contributed by atoms with Gasteiger partial charge in [-0.3, -0.25) is 0 Å². The molecule has 0 spiro atoms. The molecule has 170 valence electrons. The minimum atomic E-state index is 0.0764. The lowest BCUT2D eigenvalue weighted by molar-refractivity contribution is 0.372. The number of benzene rings is 4. The highest BCUT2D eigenvalue weighted by atomic mass is 14.3. The molecule has 0 heteroatoms. The zero-order chi connectivity index (χ0) is 23.8. The molecule has 0 atom stereocenters. The van der Waals surface area contributed by atoms with E-state index in [1.165, 1.54) is 44.2 Å². The van der Waals surface area contributed by atoms with Crippen LogP contribution in [0, 0.1) is 5.92 Å². The Balaban J connectivity index is 2.17. The lowest BCUT2D eigenvalue weighted by atomic mass is 9.72. The fraction of sp³-hybridized carbons (Fsp3) is 0.333. The molecule has 0 bridgehead atoms. The van der Waals surface area contributed by atoms with Crippen LogP contribution in [0.5, 0.6) is 0 Å². The zero-order valence-electron chi connectivity index (χ0n) is 21.4. The monoisotopic (exact) mass is 434 g/mol. The van der Waals surface area contributed by atoms with Gasteiger partial charge in [-0.1, -0.05) is 109 Å². The normalized spacial score (nSPS) is 12.5. The predicted molar refractivity (Wildman–Crippen MR) is 146 cm³/mol. The van der Waals surface area contributed by atoms with E-state index in [0.29, 0.717) is 5.92 Å². The van der Waals surface area contributed by atoms with Crippen molar-refractivity contribution < 1.29 is 0 Å². The lowest BCUT2D eigenvalue weighted by Crippen LogP contribution is -2.24. The molecule has 0 aliphatic carbocycles. The van der Waals surface area contributed by atoms with E-state index in [2.05, 4.69) is 133 Å². The smallest absolute Gasteiger partial charge is 0.00801 e. The molecule has 4 aromatic rings. The number of fused-ring (bicyclic) bond motifs is 1. The summed E-state index contributed by atoms with van der Waals surface area (Å²) in [7, 11) is 0. The standard InChI is InChI=1S/C33H38/c1-8-32(4,5)26-19-28(24-15-11-9-12-16-24)31-22-27(33(6,7)23(2)3)21-29(30(31)20-26)25-17-13-10-14-18-25/h9-23H,8H2,1-7H3. The summed E-state index contributed by atoms with van der Waals surface area (Å²) in [5.74, 6) is 0.539. The van der Waals surface area contributed by atoms with Crippen molar-refractivity contribution in [1.82, 2.24) is 0 Å². The number of hydrogen-bond acceptors (Lipinski definition) is 0. The van der Waals surface area contributed by atoms with Crippen molar-refractivity contribution in [3.63, 3.8) is 0 Å². The van der Waals surface area contributed by atoms with Gasteiger partial charge in [-0.25, -0.2) is 0 Å². The Kier molecular flexibility index (Phi) is 6.23. The summed E-state index contributed by atoms with van der Waals surface area (Å²) in [6, 6.07) is 31.6. The predicted octanol–water partition coefficient (Wildman–Crippen LogP) is 9.79. The first kappa shape index (κ1) is 23.3. The van der Waals surface area contributed by atoms with Crippen LogP contribution >= 0.6 is 0 Å². The van der Waals surface area contributed by atoms with Gasteiger partial charge in [0.1, 0.15) is 0 Å². The molecule has 0 aliphatic heterocycles. The summed E-state index contributed by atoms with van der Waals surface area (Å²) < 4.78 is 0. The van der Waals surface area contributed by atoms with Gasteiger partial charge in [-0.2, -0.15) is 0 Å². The van der Waals surface area contributed by atoms with Crippen LogP contribution in [0.2, 0.25) is 0 Å². The van der Waals surface area contributed by atoms with E-state index in [1.54, 1.807) is 0 Å². The topological polar surface area (TPSA) is 0 Å². The Hall–Kier alpha value is -2.86. The Bertz CT molecular complexity index is 1240. The van der Waals surface area contributed by atoms with Crippen LogP contribution < -0.4 is 0 Å². The summed E-state index contributed by atoms with van der Waals surface area (Å²) in [6.07, 6.45) is 1.10. The number of rotatable bonds is 6. The minimum Gasteiger partial charge on any atom is -0.0646 e. The maximum atomic E-state index is 2.47. The van der Waals surface area contributed by atoms with Crippen LogP contribution in [-0.2, 0) is 10.8 Å². The number of hydrogen-bond donors (Lipinski definition) is 0. The summed E-state index contributed by atoms with van der Waals surface area (Å²) in [6.45, 7) is 16.4. The molecular formula is C33H38. The Morgan fingerprint density at radius 3 is 1.45 bits per heavy atom. The maximum Gasteiger partial charge on any atom is -0.00801 e. The second kappa shape index (κ2) is 8.82. The third-order valence-electron chi connectivity index (χ3n) is 8.09. The van der Waals surface area contributed by atoms with E-state index in [4.69, 9.17) is 0 Å². The molecule has 0 unspecified atom stereocenters. The first-order chi connectivity index (χ1) is 15.6. The molecule has 0 saturated carbocycles. The van der Waals surface area contributed by atoms with Gasteiger partial charge in [0.2, 0.25) is 0 Å². The van der Waals surface area contributed by atoms with Gasteiger partial charge in [-0.05, 0) is 91.6 Å². The van der Waals surface area contributed by atoms with Crippen molar-refractivity contribution in [3.8, 4) is 22.3 Å². The SMILES string of the molecule is CCC(C)(C)c1cc(-c2ccccc2)c2cc(C(C)(C)C(C)C)cc(-c3ccccc3)c2c1. The average molecular weight is 435 g/mol. The van der Waals surface area contributed by atoms with Gasteiger partial charge in [0, 0.05) is 0 Å². The summed E-state index contributed by atoms with van der Waals surface area (Å²) >= 11 is 0. The molecule has 33 heavy (non-hydrogen) atoms. The van der Waals surface area contributed by atoms with E-state index < -0.39 is 0 Å². The van der Waals surface area contributed by atoms with Crippen molar-refractivity contribution in [2.45, 2.75) is 65.7 Å². The fourth-order valence-corrected chi connectivity index (χ4v) is 4.48.